The molecule has 1 heterocycles. The maximum atomic E-state index is 11.7. The highest BCUT2D eigenvalue weighted by Crippen LogP contribution is 2.21. The van der Waals surface area contributed by atoms with Gasteiger partial charge in [0.1, 0.15) is 5.69 Å². The van der Waals surface area contributed by atoms with Crippen LogP contribution in [-0.2, 0) is 6.54 Å². The van der Waals surface area contributed by atoms with Crippen LogP contribution >= 0.6 is 27.5 Å². The number of H-pyrrole nitrogens is 1. The van der Waals surface area contributed by atoms with Crippen molar-refractivity contribution < 1.29 is 4.79 Å². The van der Waals surface area contributed by atoms with Gasteiger partial charge < -0.3 is 10.3 Å². The molecule has 1 aromatic heterocycles. The van der Waals surface area contributed by atoms with Crippen LogP contribution in [0, 0.1) is 0 Å². The lowest BCUT2D eigenvalue weighted by Gasteiger charge is -2.06. The molecular formula is C12H10BrClN2O. The zero-order chi connectivity index (χ0) is 12.3. The molecule has 1 aromatic carbocycles. The lowest BCUT2D eigenvalue weighted by atomic mass is 10.2. The van der Waals surface area contributed by atoms with Crippen LogP contribution in [-0.4, -0.2) is 10.9 Å². The molecule has 17 heavy (non-hydrogen) atoms. The molecule has 3 nitrogen and oxygen atoms in total. The van der Waals surface area contributed by atoms with Crippen molar-refractivity contribution in [2.75, 3.05) is 0 Å². The molecule has 0 aliphatic carbocycles. The summed E-state index contributed by atoms with van der Waals surface area (Å²) in [7, 11) is 0. The second-order valence-corrected chi connectivity index (χ2v) is 4.83. The van der Waals surface area contributed by atoms with Gasteiger partial charge >= 0.3 is 0 Å². The van der Waals surface area contributed by atoms with E-state index < -0.39 is 0 Å². The van der Waals surface area contributed by atoms with Gasteiger partial charge in [0, 0.05) is 22.2 Å². The summed E-state index contributed by atoms with van der Waals surface area (Å²) in [6, 6.07) is 9.07. The quantitative estimate of drug-likeness (QED) is 0.896. The number of benzene rings is 1. The van der Waals surface area contributed by atoms with E-state index in [2.05, 4.69) is 26.2 Å². The van der Waals surface area contributed by atoms with E-state index in [1.165, 1.54) is 0 Å². The monoisotopic (exact) mass is 312 g/mol. The molecule has 0 aliphatic heterocycles. The summed E-state index contributed by atoms with van der Waals surface area (Å²) in [4.78, 5) is 14.5. The lowest BCUT2D eigenvalue weighted by Crippen LogP contribution is -2.23. The first-order valence-corrected chi connectivity index (χ1v) is 6.19. The Hall–Kier alpha value is -1.26. The van der Waals surface area contributed by atoms with Crippen LogP contribution in [0.2, 0.25) is 5.02 Å². The average molecular weight is 314 g/mol. The fourth-order valence-corrected chi connectivity index (χ4v) is 2.15. The van der Waals surface area contributed by atoms with Gasteiger partial charge in [0.15, 0.2) is 0 Å². The molecule has 0 radical (unpaired) electrons. The third-order valence-corrected chi connectivity index (χ3v) is 3.14. The number of hydrogen-bond donors (Lipinski definition) is 2. The van der Waals surface area contributed by atoms with Crippen molar-refractivity contribution in [1.29, 1.82) is 0 Å². The number of carbonyl (C=O) groups is 1. The van der Waals surface area contributed by atoms with Crippen LogP contribution in [0.4, 0.5) is 0 Å². The predicted molar refractivity (Wildman–Crippen MR) is 71.1 cm³/mol. The van der Waals surface area contributed by atoms with Crippen molar-refractivity contribution >= 4 is 33.4 Å². The Bertz CT molecular complexity index is 525. The number of carbonyl (C=O) groups excluding carboxylic acids is 1. The fraction of sp³-hybridized carbons (Fsp3) is 0.0833. The van der Waals surface area contributed by atoms with E-state index in [1.54, 1.807) is 24.4 Å². The smallest absolute Gasteiger partial charge is 0.267 e. The van der Waals surface area contributed by atoms with Crippen molar-refractivity contribution in [3.05, 3.63) is 57.3 Å². The van der Waals surface area contributed by atoms with Crippen molar-refractivity contribution in [3.8, 4) is 0 Å². The van der Waals surface area contributed by atoms with Gasteiger partial charge in [-0.05, 0) is 29.8 Å². The van der Waals surface area contributed by atoms with Gasteiger partial charge in [0.2, 0.25) is 0 Å². The second kappa shape index (κ2) is 5.38. The SMILES string of the molecule is O=C(NCc1ccc(Br)cc1Cl)c1ccc[nH]1. The molecule has 0 spiro atoms. The number of hydrogen-bond acceptors (Lipinski definition) is 1. The average Bonchev–Trinajstić information content (AvgIpc) is 2.81. The van der Waals surface area contributed by atoms with Crippen LogP contribution in [0.3, 0.4) is 0 Å². The Labute approximate surface area is 112 Å². The van der Waals surface area contributed by atoms with E-state index in [4.69, 9.17) is 11.6 Å². The van der Waals surface area contributed by atoms with E-state index in [9.17, 15) is 4.79 Å². The molecule has 0 saturated carbocycles. The maximum absolute atomic E-state index is 11.7. The number of aromatic nitrogens is 1. The Morgan fingerprint density at radius 1 is 1.41 bits per heavy atom. The minimum atomic E-state index is -0.144. The summed E-state index contributed by atoms with van der Waals surface area (Å²) in [6.07, 6.45) is 1.71. The maximum Gasteiger partial charge on any atom is 0.267 e. The van der Waals surface area contributed by atoms with Crippen molar-refractivity contribution in [2.45, 2.75) is 6.54 Å². The molecule has 0 fully saturated rings. The number of nitrogens with one attached hydrogen (secondary N) is 2. The van der Waals surface area contributed by atoms with Crippen LogP contribution in [0.5, 0.6) is 0 Å². The molecule has 2 aromatic rings. The normalized spacial score (nSPS) is 10.2. The predicted octanol–water partition coefficient (Wildman–Crippen LogP) is 3.36. The minimum Gasteiger partial charge on any atom is -0.357 e. The number of amides is 1. The Balaban J connectivity index is 2.01. The summed E-state index contributed by atoms with van der Waals surface area (Å²) in [5.74, 6) is -0.144. The van der Waals surface area contributed by atoms with E-state index in [1.807, 2.05) is 12.1 Å². The number of halogens is 2. The molecule has 88 valence electrons. The molecule has 2 N–H and O–H groups in total. The van der Waals surface area contributed by atoms with Gasteiger partial charge in [-0.15, -0.1) is 0 Å². The van der Waals surface area contributed by atoms with Gasteiger partial charge in [-0.1, -0.05) is 33.6 Å². The Morgan fingerprint density at radius 2 is 2.24 bits per heavy atom. The standard InChI is InChI=1S/C12H10BrClN2O/c13-9-4-3-8(10(14)6-9)7-16-12(17)11-2-1-5-15-11/h1-6,15H,7H2,(H,16,17). The molecule has 0 atom stereocenters. The number of rotatable bonds is 3. The molecule has 1 amide bonds. The van der Waals surface area contributed by atoms with Gasteiger partial charge in [-0.2, -0.15) is 0 Å². The van der Waals surface area contributed by atoms with Crippen LogP contribution in [0.1, 0.15) is 16.1 Å². The first kappa shape index (κ1) is 12.2. The minimum absolute atomic E-state index is 0.144. The first-order valence-electron chi connectivity index (χ1n) is 5.02. The van der Waals surface area contributed by atoms with Crippen molar-refractivity contribution in [1.82, 2.24) is 10.3 Å². The Morgan fingerprint density at radius 3 is 2.88 bits per heavy atom. The zero-order valence-electron chi connectivity index (χ0n) is 8.84. The van der Waals surface area contributed by atoms with Crippen LogP contribution < -0.4 is 5.32 Å². The Kier molecular flexibility index (Phi) is 3.86. The number of aromatic amines is 1. The van der Waals surface area contributed by atoms with Gasteiger partial charge in [0.25, 0.3) is 5.91 Å². The van der Waals surface area contributed by atoms with Crippen molar-refractivity contribution in [2.24, 2.45) is 0 Å². The van der Waals surface area contributed by atoms with Gasteiger partial charge in [0.05, 0.1) is 0 Å². The van der Waals surface area contributed by atoms with Crippen LogP contribution in [0.25, 0.3) is 0 Å². The highest BCUT2D eigenvalue weighted by Gasteiger charge is 2.07. The fourth-order valence-electron chi connectivity index (χ4n) is 1.41. The molecule has 0 bridgehead atoms. The third kappa shape index (κ3) is 3.11. The highest BCUT2D eigenvalue weighted by molar-refractivity contribution is 9.10. The largest absolute Gasteiger partial charge is 0.357 e. The van der Waals surface area contributed by atoms with E-state index in [0.29, 0.717) is 17.3 Å². The third-order valence-electron chi connectivity index (χ3n) is 2.30. The van der Waals surface area contributed by atoms with E-state index in [0.717, 1.165) is 10.0 Å². The topological polar surface area (TPSA) is 44.9 Å². The van der Waals surface area contributed by atoms with Gasteiger partial charge in [-0.25, -0.2) is 0 Å². The summed E-state index contributed by atoms with van der Waals surface area (Å²) < 4.78 is 0.918. The first-order chi connectivity index (χ1) is 8.16. The summed E-state index contributed by atoms with van der Waals surface area (Å²) >= 11 is 9.38. The molecule has 5 heteroatoms. The summed E-state index contributed by atoms with van der Waals surface area (Å²) in [5.41, 5.74) is 1.42. The molecule has 2 rings (SSSR count). The van der Waals surface area contributed by atoms with Gasteiger partial charge in [-0.3, -0.25) is 4.79 Å². The molecular weight excluding hydrogens is 304 g/mol. The highest BCUT2D eigenvalue weighted by atomic mass is 79.9. The molecule has 0 saturated heterocycles. The summed E-state index contributed by atoms with van der Waals surface area (Å²) in [5, 5.41) is 3.42. The van der Waals surface area contributed by atoms with Crippen molar-refractivity contribution in [3.63, 3.8) is 0 Å². The molecule has 0 unspecified atom stereocenters. The summed E-state index contributed by atoms with van der Waals surface area (Å²) in [6.45, 7) is 0.407. The zero-order valence-corrected chi connectivity index (χ0v) is 11.2. The van der Waals surface area contributed by atoms with E-state index in [-0.39, 0.29) is 5.91 Å². The van der Waals surface area contributed by atoms with Crippen LogP contribution in [0.15, 0.2) is 41.0 Å². The van der Waals surface area contributed by atoms with E-state index >= 15 is 0 Å². The lowest BCUT2D eigenvalue weighted by molar-refractivity contribution is 0.0946. The molecule has 0 aliphatic rings. The second-order valence-electron chi connectivity index (χ2n) is 3.50.